The van der Waals surface area contributed by atoms with Crippen LogP contribution in [0.4, 0.5) is 0 Å². The molecule has 16 heavy (non-hydrogen) atoms. The predicted octanol–water partition coefficient (Wildman–Crippen LogP) is 1.76. The quantitative estimate of drug-likeness (QED) is 0.885. The number of halogens is 2. The van der Waals surface area contributed by atoms with Crippen LogP contribution in [0.15, 0.2) is 27.6 Å². The van der Waals surface area contributed by atoms with Gasteiger partial charge in [-0.25, -0.2) is 13.1 Å². The van der Waals surface area contributed by atoms with E-state index in [1.54, 1.807) is 6.07 Å². The first-order valence-corrected chi connectivity index (χ1v) is 7.11. The summed E-state index contributed by atoms with van der Waals surface area (Å²) in [5.74, 6) is 0. The first-order chi connectivity index (χ1) is 7.33. The molecule has 1 aromatic carbocycles. The second-order valence-electron chi connectivity index (χ2n) is 3.28. The van der Waals surface area contributed by atoms with Crippen LogP contribution in [-0.4, -0.2) is 26.2 Å². The molecule has 0 aliphatic heterocycles. The number of hydrogen-bond donors (Lipinski definition) is 2. The largest absolute Gasteiger partial charge is 0.392 e. The summed E-state index contributed by atoms with van der Waals surface area (Å²) in [6, 6.07) is 4.48. The van der Waals surface area contributed by atoms with Crippen molar-refractivity contribution in [3.63, 3.8) is 0 Å². The smallest absolute Gasteiger partial charge is 0.242 e. The van der Waals surface area contributed by atoms with Crippen molar-refractivity contribution in [3.05, 3.63) is 27.7 Å². The van der Waals surface area contributed by atoms with Crippen molar-refractivity contribution < 1.29 is 13.5 Å². The fraction of sp³-hybridized carbons (Fsp3) is 0.333. The Morgan fingerprint density at radius 3 is 2.69 bits per heavy atom. The van der Waals surface area contributed by atoms with Gasteiger partial charge in [0, 0.05) is 11.0 Å². The third-order valence-electron chi connectivity index (χ3n) is 1.75. The maximum absolute atomic E-state index is 11.7. The number of hydrogen-bond acceptors (Lipinski definition) is 3. The third-order valence-corrected chi connectivity index (χ3v) is 4.15. The second kappa shape index (κ2) is 5.46. The van der Waals surface area contributed by atoms with Crippen molar-refractivity contribution in [2.75, 3.05) is 6.54 Å². The standard InChI is InChI=1S/C9H11BrClNO3S/c1-6(13)5-12-16(14,15)9-3-2-7(10)4-8(9)11/h2-4,6,12-13H,5H2,1H3/t6-/m0/s1. The molecule has 0 aliphatic carbocycles. The molecule has 0 unspecified atom stereocenters. The third kappa shape index (κ3) is 3.71. The number of nitrogens with one attached hydrogen (secondary N) is 1. The average Bonchev–Trinajstić information content (AvgIpc) is 2.14. The molecule has 1 aromatic rings. The van der Waals surface area contributed by atoms with Crippen LogP contribution in [0.2, 0.25) is 5.02 Å². The lowest BCUT2D eigenvalue weighted by Gasteiger charge is -2.09. The lowest BCUT2D eigenvalue weighted by atomic mass is 10.4. The zero-order valence-corrected chi connectivity index (χ0v) is 11.6. The van der Waals surface area contributed by atoms with E-state index in [1.165, 1.54) is 19.1 Å². The van der Waals surface area contributed by atoms with Crippen molar-refractivity contribution in [2.24, 2.45) is 0 Å². The summed E-state index contributed by atoms with van der Waals surface area (Å²) in [5, 5.41) is 9.14. The number of aliphatic hydroxyl groups excluding tert-OH is 1. The number of aliphatic hydroxyl groups is 1. The highest BCUT2D eigenvalue weighted by Gasteiger charge is 2.18. The molecule has 0 aliphatic rings. The van der Waals surface area contributed by atoms with Crippen LogP contribution >= 0.6 is 27.5 Å². The van der Waals surface area contributed by atoms with E-state index in [2.05, 4.69) is 20.7 Å². The van der Waals surface area contributed by atoms with Gasteiger partial charge in [-0.1, -0.05) is 27.5 Å². The van der Waals surface area contributed by atoms with Gasteiger partial charge < -0.3 is 5.11 Å². The van der Waals surface area contributed by atoms with E-state index in [1.807, 2.05) is 0 Å². The van der Waals surface area contributed by atoms with Gasteiger partial charge in [-0.2, -0.15) is 0 Å². The lowest BCUT2D eigenvalue weighted by molar-refractivity contribution is 0.198. The summed E-state index contributed by atoms with van der Waals surface area (Å²) in [5.41, 5.74) is 0. The molecule has 2 N–H and O–H groups in total. The highest BCUT2D eigenvalue weighted by molar-refractivity contribution is 9.10. The van der Waals surface area contributed by atoms with Gasteiger partial charge in [-0.3, -0.25) is 0 Å². The maximum atomic E-state index is 11.7. The molecule has 90 valence electrons. The summed E-state index contributed by atoms with van der Waals surface area (Å²) < 4.78 is 26.5. The minimum absolute atomic E-state index is 0.00184. The first-order valence-electron chi connectivity index (χ1n) is 4.45. The minimum atomic E-state index is -3.67. The Balaban J connectivity index is 2.99. The molecule has 7 heteroatoms. The summed E-state index contributed by atoms with van der Waals surface area (Å²) in [6.07, 6.45) is -0.746. The lowest BCUT2D eigenvalue weighted by Crippen LogP contribution is -2.30. The van der Waals surface area contributed by atoms with Crippen molar-refractivity contribution >= 4 is 37.6 Å². The second-order valence-corrected chi connectivity index (χ2v) is 6.33. The first kappa shape index (κ1) is 13.9. The molecule has 1 atom stereocenters. The number of sulfonamides is 1. The zero-order chi connectivity index (χ0) is 12.3. The zero-order valence-electron chi connectivity index (χ0n) is 8.44. The van der Waals surface area contributed by atoms with E-state index >= 15 is 0 Å². The summed E-state index contributed by atoms with van der Waals surface area (Å²) in [7, 11) is -3.67. The van der Waals surface area contributed by atoms with Crippen LogP contribution in [0, 0.1) is 0 Å². The molecule has 4 nitrogen and oxygen atoms in total. The molecule has 0 spiro atoms. The van der Waals surface area contributed by atoms with Crippen LogP contribution in [0.1, 0.15) is 6.92 Å². The molecule has 0 saturated heterocycles. The van der Waals surface area contributed by atoms with Crippen molar-refractivity contribution in [1.29, 1.82) is 0 Å². The van der Waals surface area contributed by atoms with Gasteiger partial charge in [-0.05, 0) is 25.1 Å². The monoisotopic (exact) mass is 327 g/mol. The van der Waals surface area contributed by atoms with E-state index in [0.717, 1.165) is 0 Å². The molecule has 0 aromatic heterocycles. The van der Waals surface area contributed by atoms with Crippen LogP contribution in [-0.2, 0) is 10.0 Å². The van der Waals surface area contributed by atoms with Gasteiger partial charge >= 0.3 is 0 Å². The molecule has 0 radical (unpaired) electrons. The molecular formula is C9H11BrClNO3S. The summed E-state index contributed by atoms with van der Waals surface area (Å²) in [6.45, 7) is 1.44. The molecule has 0 saturated carbocycles. The molecule has 0 bridgehead atoms. The van der Waals surface area contributed by atoms with E-state index in [-0.39, 0.29) is 16.5 Å². The topological polar surface area (TPSA) is 66.4 Å². The number of rotatable bonds is 4. The molecule has 1 rings (SSSR count). The fourth-order valence-electron chi connectivity index (χ4n) is 1.00. The van der Waals surface area contributed by atoms with Crippen molar-refractivity contribution in [2.45, 2.75) is 17.9 Å². The van der Waals surface area contributed by atoms with Gasteiger partial charge in [0.2, 0.25) is 10.0 Å². The van der Waals surface area contributed by atoms with E-state index in [9.17, 15) is 8.42 Å². The van der Waals surface area contributed by atoms with Crippen molar-refractivity contribution in [3.8, 4) is 0 Å². The highest BCUT2D eigenvalue weighted by Crippen LogP contribution is 2.24. The van der Waals surface area contributed by atoms with Gasteiger partial charge in [0.25, 0.3) is 0 Å². The maximum Gasteiger partial charge on any atom is 0.242 e. The molecule has 0 fully saturated rings. The van der Waals surface area contributed by atoms with Gasteiger partial charge in [0.15, 0.2) is 0 Å². The Hall–Kier alpha value is -0.140. The average molecular weight is 329 g/mol. The molecule has 0 amide bonds. The Morgan fingerprint density at radius 2 is 2.19 bits per heavy atom. The molecular weight excluding hydrogens is 318 g/mol. The molecule has 0 heterocycles. The van der Waals surface area contributed by atoms with Crippen LogP contribution in [0.5, 0.6) is 0 Å². The predicted molar refractivity (Wildman–Crippen MR) is 66.0 cm³/mol. The van der Waals surface area contributed by atoms with E-state index < -0.39 is 16.1 Å². The van der Waals surface area contributed by atoms with Gasteiger partial charge in [0.1, 0.15) is 4.90 Å². The fourth-order valence-corrected chi connectivity index (χ4v) is 3.16. The highest BCUT2D eigenvalue weighted by atomic mass is 79.9. The van der Waals surface area contributed by atoms with Crippen LogP contribution < -0.4 is 4.72 Å². The Bertz CT molecular complexity index is 476. The normalized spacial score (nSPS) is 13.8. The minimum Gasteiger partial charge on any atom is -0.392 e. The SMILES string of the molecule is C[C@H](O)CNS(=O)(=O)c1ccc(Br)cc1Cl. The number of benzene rings is 1. The van der Waals surface area contributed by atoms with Gasteiger partial charge in [0.05, 0.1) is 11.1 Å². The Morgan fingerprint density at radius 1 is 1.56 bits per heavy atom. The van der Waals surface area contributed by atoms with Crippen LogP contribution in [0.25, 0.3) is 0 Å². The Kier molecular flexibility index (Phi) is 4.75. The van der Waals surface area contributed by atoms with Gasteiger partial charge in [-0.15, -0.1) is 0 Å². The van der Waals surface area contributed by atoms with E-state index in [4.69, 9.17) is 16.7 Å². The summed E-state index contributed by atoms with van der Waals surface area (Å²) in [4.78, 5) is -0.00184. The van der Waals surface area contributed by atoms with Crippen molar-refractivity contribution in [1.82, 2.24) is 4.72 Å². The van der Waals surface area contributed by atoms with Crippen LogP contribution in [0.3, 0.4) is 0 Å². The van der Waals surface area contributed by atoms with E-state index in [0.29, 0.717) is 4.47 Å². The summed E-state index contributed by atoms with van der Waals surface area (Å²) >= 11 is 9.00. The Labute approximate surface area is 108 Å².